The quantitative estimate of drug-likeness (QED) is 0.527. The average Bonchev–Trinajstić information content (AvgIpc) is 2.80. The van der Waals surface area contributed by atoms with E-state index in [9.17, 15) is 4.79 Å². The van der Waals surface area contributed by atoms with E-state index in [2.05, 4.69) is 4.98 Å². The number of nitrogens with zero attached hydrogens (tertiary/aromatic N) is 2. The minimum Gasteiger partial charge on any atom is -0.423 e. The van der Waals surface area contributed by atoms with Crippen LogP contribution in [0.3, 0.4) is 0 Å². The van der Waals surface area contributed by atoms with Crippen molar-refractivity contribution in [3.05, 3.63) is 58.3 Å². The smallest absolute Gasteiger partial charge is 0.345 e. The van der Waals surface area contributed by atoms with Crippen LogP contribution in [0.25, 0.3) is 11.0 Å². The van der Waals surface area contributed by atoms with E-state index in [0.29, 0.717) is 10.8 Å². The molecule has 1 heterocycles. The van der Waals surface area contributed by atoms with Crippen LogP contribution in [-0.4, -0.2) is 15.5 Å². The first-order valence-electron chi connectivity index (χ1n) is 6.13. The largest absolute Gasteiger partial charge is 0.423 e. The highest BCUT2D eigenvalue weighted by Crippen LogP contribution is 2.24. The van der Waals surface area contributed by atoms with Gasteiger partial charge in [0.2, 0.25) is 0 Å². The molecule has 3 aromatic rings. The fourth-order valence-electron chi connectivity index (χ4n) is 2.00. The minimum absolute atomic E-state index is 0.256. The third kappa shape index (κ3) is 2.73. The van der Waals surface area contributed by atoms with Crippen LogP contribution in [-0.2, 0) is 7.05 Å². The van der Waals surface area contributed by atoms with Crippen molar-refractivity contribution in [2.45, 2.75) is 0 Å². The van der Waals surface area contributed by atoms with Gasteiger partial charge in [0.25, 0.3) is 0 Å². The van der Waals surface area contributed by atoms with Crippen LogP contribution in [0.2, 0.25) is 10.0 Å². The Bertz CT molecular complexity index is 843. The lowest BCUT2D eigenvalue weighted by Crippen LogP contribution is -2.09. The van der Waals surface area contributed by atoms with Gasteiger partial charge in [-0.05, 0) is 30.3 Å². The Hall–Kier alpha value is -2.04. The molecule has 21 heavy (non-hydrogen) atoms. The van der Waals surface area contributed by atoms with Crippen molar-refractivity contribution in [3.63, 3.8) is 0 Å². The van der Waals surface area contributed by atoms with Gasteiger partial charge in [-0.25, -0.2) is 9.78 Å². The lowest BCUT2D eigenvalue weighted by molar-refractivity contribution is 0.0735. The first-order valence-corrected chi connectivity index (χ1v) is 6.88. The Morgan fingerprint density at radius 3 is 2.76 bits per heavy atom. The van der Waals surface area contributed by atoms with Crippen molar-refractivity contribution in [2.75, 3.05) is 0 Å². The maximum atomic E-state index is 12.1. The van der Waals surface area contributed by atoms with Crippen LogP contribution in [0.5, 0.6) is 5.75 Å². The molecule has 0 amide bonds. The number of benzene rings is 2. The number of carbonyl (C=O) groups is 1. The maximum Gasteiger partial charge on any atom is 0.345 e. The number of hydrogen-bond donors (Lipinski definition) is 0. The third-order valence-corrected chi connectivity index (χ3v) is 3.61. The lowest BCUT2D eigenvalue weighted by Gasteiger charge is -2.06. The van der Waals surface area contributed by atoms with Crippen molar-refractivity contribution in [1.29, 1.82) is 0 Å². The summed E-state index contributed by atoms with van der Waals surface area (Å²) in [7, 11) is 1.90. The third-order valence-electron chi connectivity index (χ3n) is 3.06. The van der Waals surface area contributed by atoms with Crippen molar-refractivity contribution < 1.29 is 9.53 Å². The first kappa shape index (κ1) is 13.9. The molecule has 0 aliphatic rings. The van der Waals surface area contributed by atoms with Gasteiger partial charge in [0.1, 0.15) is 5.75 Å². The summed E-state index contributed by atoms with van der Waals surface area (Å²) in [6, 6.07) is 9.89. The lowest BCUT2D eigenvalue weighted by atomic mass is 10.2. The molecule has 2 aromatic carbocycles. The van der Waals surface area contributed by atoms with Crippen LogP contribution in [0, 0.1) is 0 Å². The first-order chi connectivity index (χ1) is 10.0. The number of ether oxygens (including phenoxy) is 1. The summed E-state index contributed by atoms with van der Waals surface area (Å²) in [6.07, 6.45) is 1.70. The molecule has 1 aromatic heterocycles. The summed E-state index contributed by atoms with van der Waals surface area (Å²) in [5, 5.41) is 0.720. The Kier molecular flexibility index (Phi) is 3.57. The number of imidazole rings is 1. The Labute approximate surface area is 130 Å². The van der Waals surface area contributed by atoms with Crippen LogP contribution < -0.4 is 4.74 Å². The topological polar surface area (TPSA) is 44.1 Å². The van der Waals surface area contributed by atoms with E-state index in [0.717, 1.165) is 11.0 Å². The minimum atomic E-state index is -0.535. The molecule has 0 aliphatic heterocycles. The number of hydrogen-bond acceptors (Lipinski definition) is 3. The molecule has 0 bridgehead atoms. The van der Waals surface area contributed by atoms with Crippen LogP contribution in [0.1, 0.15) is 10.4 Å². The molecule has 0 aliphatic carbocycles. The molecular formula is C15H10Cl2N2O2. The van der Waals surface area contributed by atoms with Crippen LogP contribution in [0.4, 0.5) is 0 Å². The highest BCUT2D eigenvalue weighted by atomic mass is 35.5. The summed E-state index contributed by atoms with van der Waals surface area (Å²) < 4.78 is 7.21. The van der Waals surface area contributed by atoms with Gasteiger partial charge in [0, 0.05) is 18.1 Å². The molecule has 0 N–H and O–H groups in total. The van der Waals surface area contributed by atoms with E-state index in [-0.39, 0.29) is 10.6 Å². The number of aromatic nitrogens is 2. The second kappa shape index (κ2) is 5.39. The molecule has 6 heteroatoms. The van der Waals surface area contributed by atoms with Crippen molar-refractivity contribution >= 4 is 40.2 Å². The summed E-state index contributed by atoms with van der Waals surface area (Å²) >= 11 is 11.8. The zero-order valence-corrected chi connectivity index (χ0v) is 12.5. The van der Waals surface area contributed by atoms with E-state index in [4.69, 9.17) is 27.9 Å². The molecule has 0 unspecified atom stereocenters. The second-order valence-electron chi connectivity index (χ2n) is 4.52. The van der Waals surface area contributed by atoms with Gasteiger partial charge in [-0.15, -0.1) is 0 Å². The molecule has 0 saturated carbocycles. The summed E-state index contributed by atoms with van der Waals surface area (Å²) in [5.41, 5.74) is 1.98. The van der Waals surface area contributed by atoms with Crippen molar-refractivity contribution in [2.24, 2.45) is 7.05 Å². The van der Waals surface area contributed by atoms with Gasteiger partial charge in [-0.3, -0.25) is 0 Å². The molecule has 0 atom stereocenters. The fourth-order valence-corrected chi connectivity index (χ4v) is 2.48. The molecule has 0 fully saturated rings. The molecule has 3 rings (SSSR count). The zero-order valence-electron chi connectivity index (χ0n) is 11.0. The molecule has 0 spiro atoms. The summed E-state index contributed by atoms with van der Waals surface area (Å²) in [4.78, 5) is 16.3. The Morgan fingerprint density at radius 1 is 1.19 bits per heavy atom. The van der Waals surface area contributed by atoms with Crippen molar-refractivity contribution in [3.8, 4) is 5.75 Å². The fraction of sp³-hybridized carbons (Fsp3) is 0.0667. The van der Waals surface area contributed by atoms with Crippen molar-refractivity contribution in [1.82, 2.24) is 9.55 Å². The standard InChI is InChI=1S/C15H10Cl2N2O2/c1-19-8-18-13-7-10(3-5-14(13)19)21-15(20)11-4-2-9(16)6-12(11)17/h2-8H,1H3. The second-order valence-corrected chi connectivity index (χ2v) is 5.36. The van der Waals surface area contributed by atoms with Gasteiger partial charge in [-0.2, -0.15) is 0 Å². The Balaban J connectivity index is 1.88. The van der Waals surface area contributed by atoms with Gasteiger partial charge in [0.05, 0.1) is 27.9 Å². The highest BCUT2D eigenvalue weighted by Gasteiger charge is 2.14. The van der Waals surface area contributed by atoms with E-state index >= 15 is 0 Å². The zero-order chi connectivity index (χ0) is 15.0. The number of esters is 1. The number of rotatable bonds is 2. The van der Waals surface area contributed by atoms with E-state index < -0.39 is 5.97 Å². The van der Waals surface area contributed by atoms with Crippen LogP contribution in [0.15, 0.2) is 42.7 Å². The van der Waals surface area contributed by atoms with Gasteiger partial charge in [-0.1, -0.05) is 23.2 Å². The monoisotopic (exact) mass is 320 g/mol. The summed E-state index contributed by atoms with van der Waals surface area (Å²) in [6.45, 7) is 0. The van der Waals surface area contributed by atoms with Gasteiger partial charge >= 0.3 is 5.97 Å². The van der Waals surface area contributed by atoms with Gasteiger partial charge in [0.15, 0.2) is 0 Å². The average molecular weight is 321 g/mol. The normalized spacial score (nSPS) is 10.8. The van der Waals surface area contributed by atoms with E-state index in [1.54, 1.807) is 24.5 Å². The van der Waals surface area contributed by atoms with E-state index in [1.807, 2.05) is 17.7 Å². The molecule has 0 radical (unpaired) electrons. The Morgan fingerprint density at radius 2 is 2.00 bits per heavy atom. The number of aryl methyl sites for hydroxylation is 1. The van der Waals surface area contributed by atoms with Crippen LogP contribution >= 0.6 is 23.2 Å². The molecular weight excluding hydrogens is 311 g/mol. The van der Waals surface area contributed by atoms with E-state index in [1.165, 1.54) is 12.1 Å². The molecule has 106 valence electrons. The van der Waals surface area contributed by atoms with Gasteiger partial charge < -0.3 is 9.30 Å². The molecule has 0 saturated heterocycles. The number of carbonyl (C=O) groups excluding carboxylic acids is 1. The highest BCUT2D eigenvalue weighted by molar-refractivity contribution is 6.36. The molecule has 4 nitrogen and oxygen atoms in total. The predicted octanol–water partition coefficient (Wildman–Crippen LogP) is 4.10. The SMILES string of the molecule is Cn1cnc2cc(OC(=O)c3ccc(Cl)cc3Cl)ccc21. The summed E-state index contributed by atoms with van der Waals surface area (Å²) in [5.74, 6) is -0.121. The number of halogens is 2. The maximum absolute atomic E-state index is 12.1. The predicted molar refractivity (Wildman–Crippen MR) is 82.1 cm³/mol. The number of fused-ring (bicyclic) bond motifs is 1.